The first-order valence-corrected chi connectivity index (χ1v) is 6.69. The lowest BCUT2D eigenvalue weighted by atomic mass is 10.1. The van der Waals surface area contributed by atoms with Crippen LogP contribution in [0.2, 0.25) is 0 Å². The van der Waals surface area contributed by atoms with E-state index in [1.54, 1.807) is 0 Å². The molecule has 0 aliphatic heterocycles. The van der Waals surface area contributed by atoms with Crippen LogP contribution in [0.15, 0.2) is 22.7 Å². The lowest BCUT2D eigenvalue weighted by Crippen LogP contribution is -2.27. The molecule has 4 heteroatoms. The Kier molecular flexibility index (Phi) is 6.22. The van der Waals surface area contributed by atoms with Gasteiger partial charge in [-0.3, -0.25) is 4.79 Å². The van der Waals surface area contributed by atoms with E-state index in [1.165, 1.54) is 0 Å². The Morgan fingerprint density at radius 2 is 2.12 bits per heavy atom. The number of hydrogen-bond acceptors (Lipinski definition) is 2. The molecule has 1 aromatic carbocycles. The minimum absolute atomic E-state index is 0.00269. The lowest BCUT2D eigenvalue weighted by Gasteiger charge is -2.07. The van der Waals surface area contributed by atoms with Crippen molar-refractivity contribution in [2.45, 2.75) is 20.3 Å². The van der Waals surface area contributed by atoms with E-state index >= 15 is 0 Å². The Bertz CT molecular complexity index is 380. The van der Waals surface area contributed by atoms with Gasteiger partial charge in [-0.05, 0) is 50.2 Å². The van der Waals surface area contributed by atoms with Crippen LogP contribution < -0.4 is 10.6 Å². The van der Waals surface area contributed by atoms with Gasteiger partial charge in [-0.25, -0.2) is 0 Å². The summed E-state index contributed by atoms with van der Waals surface area (Å²) in [5.74, 6) is -0.00269. The molecule has 0 aliphatic carbocycles. The van der Waals surface area contributed by atoms with E-state index in [-0.39, 0.29) is 5.91 Å². The molecule has 0 fully saturated rings. The fourth-order valence-electron chi connectivity index (χ4n) is 1.48. The standard InChI is InChI=1S/C13H19BrN2O/c1-3-15-7-4-8-16-13(17)11-5-6-12(14)10(2)9-11/h5-6,9,15H,3-4,7-8H2,1-2H3,(H,16,17). The highest BCUT2D eigenvalue weighted by Gasteiger charge is 2.05. The van der Waals surface area contributed by atoms with Gasteiger partial charge in [0.2, 0.25) is 0 Å². The highest BCUT2D eigenvalue weighted by atomic mass is 79.9. The number of carbonyl (C=O) groups excluding carboxylic acids is 1. The van der Waals surface area contributed by atoms with E-state index < -0.39 is 0 Å². The van der Waals surface area contributed by atoms with Crippen molar-refractivity contribution in [3.05, 3.63) is 33.8 Å². The second-order valence-electron chi connectivity index (χ2n) is 3.93. The molecule has 1 rings (SSSR count). The summed E-state index contributed by atoms with van der Waals surface area (Å²) < 4.78 is 1.03. The summed E-state index contributed by atoms with van der Waals surface area (Å²) in [5, 5.41) is 6.13. The Morgan fingerprint density at radius 1 is 1.35 bits per heavy atom. The van der Waals surface area contributed by atoms with Gasteiger partial charge in [-0.15, -0.1) is 0 Å². The molecular formula is C13H19BrN2O. The molecule has 1 aromatic rings. The molecule has 0 aliphatic rings. The van der Waals surface area contributed by atoms with Crippen molar-refractivity contribution in [1.82, 2.24) is 10.6 Å². The van der Waals surface area contributed by atoms with E-state index in [1.807, 2.05) is 25.1 Å². The molecule has 0 spiro atoms. The highest BCUT2D eigenvalue weighted by Crippen LogP contribution is 2.16. The Hall–Kier alpha value is -0.870. The summed E-state index contributed by atoms with van der Waals surface area (Å²) in [6.07, 6.45) is 0.953. The number of nitrogens with one attached hydrogen (secondary N) is 2. The fraction of sp³-hybridized carbons (Fsp3) is 0.462. The topological polar surface area (TPSA) is 41.1 Å². The third-order valence-electron chi connectivity index (χ3n) is 2.49. The van der Waals surface area contributed by atoms with Gasteiger partial charge in [0.25, 0.3) is 5.91 Å². The zero-order chi connectivity index (χ0) is 12.7. The normalized spacial score (nSPS) is 10.3. The van der Waals surface area contributed by atoms with E-state index in [0.29, 0.717) is 12.1 Å². The molecule has 0 saturated heterocycles. The van der Waals surface area contributed by atoms with Crippen LogP contribution in [0.3, 0.4) is 0 Å². The van der Waals surface area contributed by atoms with Gasteiger partial charge in [0.15, 0.2) is 0 Å². The lowest BCUT2D eigenvalue weighted by molar-refractivity contribution is 0.0953. The maximum absolute atomic E-state index is 11.8. The van der Waals surface area contributed by atoms with Gasteiger partial charge < -0.3 is 10.6 Å². The first-order chi connectivity index (χ1) is 8.15. The molecule has 0 aromatic heterocycles. The SMILES string of the molecule is CCNCCCNC(=O)c1ccc(Br)c(C)c1. The summed E-state index contributed by atoms with van der Waals surface area (Å²) >= 11 is 3.42. The minimum Gasteiger partial charge on any atom is -0.352 e. The largest absolute Gasteiger partial charge is 0.352 e. The zero-order valence-electron chi connectivity index (χ0n) is 10.3. The van der Waals surface area contributed by atoms with Crippen molar-refractivity contribution < 1.29 is 4.79 Å². The molecule has 2 N–H and O–H groups in total. The fourth-order valence-corrected chi connectivity index (χ4v) is 1.73. The summed E-state index contributed by atoms with van der Waals surface area (Å²) in [6.45, 7) is 6.67. The number of carbonyl (C=O) groups is 1. The average molecular weight is 299 g/mol. The number of amides is 1. The summed E-state index contributed by atoms with van der Waals surface area (Å²) in [7, 11) is 0. The second-order valence-corrected chi connectivity index (χ2v) is 4.78. The van der Waals surface area contributed by atoms with Crippen LogP contribution in [0.4, 0.5) is 0 Å². The van der Waals surface area contributed by atoms with Gasteiger partial charge >= 0.3 is 0 Å². The molecule has 0 unspecified atom stereocenters. The first kappa shape index (κ1) is 14.2. The predicted molar refractivity (Wildman–Crippen MR) is 74.4 cm³/mol. The molecule has 0 saturated carbocycles. The number of aryl methyl sites for hydroxylation is 1. The van der Waals surface area contributed by atoms with E-state index in [9.17, 15) is 4.79 Å². The molecule has 1 amide bonds. The van der Waals surface area contributed by atoms with Crippen LogP contribution >= 0.6 is 15.9 Å². The van der Waals surface area contributed by atoms with Gasteiger partial charge in [-0.1, -0.05) is 22.9 Å². The quantitative estimate of drug-likeness (QED) is 0.792. The van der Waals surface area contributed by atoms with Crippen molar-refractivity contribution in [2.75, 3.05) is 19.6 Å². The first-order valence-electron chi connectivity index (χ1n) is 5.90. The maximum Gasteiger partial charge on any atom is 0.251 e. The molecular weight excluding hydrogens is 280 g/mol. The smallest absolute Gasteiger partial charge is 0.251 e. The van der Waals surface area contributed by atoms with E-state index in [2.05, 4.69) is 33.5 Å². The van der Waals surface area contributed by atoms with Crippen molar-refractivity contribution in [3.63, 3.8) is 0 Å². The summed E-state index contributed by atoms with van der Waals surface area (Å²) in [6, 6.07) is 5.63. The molecule has 0 heterocycles. The van der Waals surface area contributed by atoms with Crippen LogP contribution in [0.1, 0.15) is 29.3 Å². The number of hydrogen-bond donors (Lipinski definition) is 2. The number of benzene rings is 1. The average Bonchev–Trinajstić information content (AvgIpc) is 2.32. The van der Waals surface area contributed by atoms with Crippen LogP contribution in [0, 0.1) is 6.92 Å². The van der Waals surface area contributed by atoms with Crippen LogP contribution in [0.25, 0.3) is 0 Å². The zero-order valence-corrected chi connectivity index (χ0v) is 11.9. The van der Waals surface area contributed by atoms with Gasteiger partial charge in [0, 0.05) is 16.6 Å². The Balaban J connectivity index is 2.39. The molecule has 0 radical (unpaired) electrons. The summed E-state index contributed by atoms with van der Waals surface area (Å²) in [4.78, 5) is 11.8. The van der Waals surface area contributed by atoms with Crippen LogP contribution in [-0.4, -0.2) is 25.5 Å². The Labute approximate surface area is 111 Å². The Morgan fingerprint density at radius 3 is 2.76 bits per heavy atom. The second kappa shape index (κ2) is 7.45. The van der Waals surface area contributed by atoms with Crippen molar-refractivity contribution >= 4 is 21.8 Å². The van der Waals surface area contributed by atoms with Crippen LogP contribution in [-0.2, 0) is 0 Å². The predicted octanol–water partition coefficient (Wildman–Crippen LogP) is 2.49. The third-order valence-corrected chi connectivity index (χ3v) is 3.38. The van der Waals surface area contributed by atoms with Crippen molar-refractivity contribution in [3.8, 4) is 0 Å². The maximum atomic E-state index is 11.8. The summed E-state index contributed by atoms with van der Waals surface area (Å²) in [5.41, 5.74) is 1.79. The van der Waals surface area contributed by atoms with Gasteiger partial charge in [0.05, 0.1) is 0 Å². The van der Waals surface area contributed by atoms with Gasteiger partial charge in [0.1, 0.15) is 0 Å². The molecule has 0 bridgehead atoms. The van der Waals surface area contributed by atoms with Crippen molar-refractivity contribution in [1.29, 1.82) is 0 Å². The monoisotopic (exact) mass is 298 g/mol. The molecule has 94 valence electrons. The van der Waals surface area contributed by atoms with Crippen molar-refractivity contribution in [2.24, 2.45) is 0 Å². The third kappa shape index (κ3) is 4.88. The highest BCUT2D eigenvalue weighted by molar-refractivity contribution is 9.10. The number of halogens is 1. The van der Waals surface area contributed by atoms with Gasteiger partial charge in [-0.2, -0.15) is 0 Å². The molecule has 17 heavy (non-hydrogen) atoms. The van der Waals surface area contributed by atoms with E-state index in [4.69, 9.17) is 0 Å². The molecule has 0 atom stereocenters. The number of rotatable bonds is 6. The molecule has 3 nitrogen and oxygen atoms in total. The van der Waals surface area contributed by atoms with E-state index in [0.717, 1.165) is 29.5 Å². The minimum atomic E-state index is -0.00269. The van der Waals surface area contributed by atoms with Crippen LogP contribution in [0.5, 0.6) is 0 Å².